The minimum absolute atomic E-state index is 0.233. The lowest BCUT2D eigenvalue weighted by Crippen LogP contribution is -2.31. The van der Waals surface area contributed by atoms with Crippen molar-refractivity contribution in [2.75, 3.05) is 16.8 Å². The number of carbonyl (C=O) groups excluding carboxylic acids is 2. The average molecular weight is 345 g/mol. The number of rotatable bonds is 5. The number of hydrogen-bond donors (Lipinski definition) is 1. The predicted molar refractivity (Wildman–Crippen MR) is 102 cm³/mol. The molecular formula is C21H19N3O2. The summed E-state index contributed by atoms with van der Waals surface area (Å²) in [5.41, 5.74) is 2.11. The zero-order valence-electron chi connectivity index (χ0n) is 14.4. The van der Waals surface area contributed by atoms with E-state index in [-0.39, 0.29) is 17.5 Å². The maximum Gasteiger partial charge on any atom is 0.276 e. The lowest BCUT2D eigenvalue weighted by molar-refractivity contribution is 0.0983. The molecule has 0 aliphatic heterocycles. The van der Waals surface area contributed by atoms with Gasteiger partial charge >= 0.3 is 0 Å². The molecule has 3 aromatic rings. The zero-order chi connectivity index (χ0) is 18.4. The van der Waals surface area contributed by atoms with Crippen molar-refractivity contribution in [3.8, 4) is 0 Å². The molecule has 1 aromatic heterocycles. The number of aromatic nitrogens is 1. The number of amides is 2. The maximum atomic E-state index is 12.8. The zero-order valence-corrected chi connectivity index (χ0v) is 14.4. The molecule has 0 spiro atoms. The van der Waals surface area contributed by atoms with Gasteiger partial charge in [0.05, 0.1) is 0 Å². The Morgan fingerprint density at radius 1 is 0.962 bits per heavy atom. The fourth-order valence-electron chi connectivity index (χ4n) is 2.60. The maximum absolute atomic E-state index is 12.8. The second-order valence-corrected chi connectivity index (χ2v) is 5.63. The van der Waals surface area contributed by atoms with Crippen LogP contribution >= 0.6 is 0 Å². The van der Waals surface area contributed by atoms with E-state index >= 15 is 0 Å². The summed E-state index contributed by atoms with van der Waals surface area (Å²) in [6.45, 7) is 2.40. The summed E-state index contributed by atoms with van der Waals surface area (Å²) in [6, 6.07) is 21.7. The molecule has 0 atom stereocenters. The molecule has 2 aromatic carbocycles. The Labute approximate surface area is 152 Å². The Balaban J connectivity index is 1.82. The molecule has 130 valence electrons. The van der Waals surface area contributed by atoms with Crippen LogP contribution in [0.4, 0.5) is 11.4 Å². The number of benzene rings is 2. The molecule has 0 saturated heterocycles. The predicted octanol–water partition coefficient (Wildman–Crippen LogP) is 4.00. The number of hydrogen-bond acceptors (Lipinski definition) is 3. The van der Waals surface area contributed by atoms with Gasteiger partial charge in [-0.3, -0.25) is 14.6 Å². The summed E-state index contributed by atoms with van der Waals surface area (Å²) in [4.78, 5) is 31.1. The summed E-state index contributed by atoms with van der Waals surface area (Å²) >= 11 is 0. The van der Waals surface area contributed by atoms with Crippen LogP contribution in [-0.2, 0) is 0 Å². The lowest BCUT2D eigenvalue weighted by Gasteiger charge is -2.20. The van der Waals surface area contributed by atoms with Gasteiger partial charge < -0.3 is 10.2 Å². The van der Waals surface area contributed by atoms with E-state index in [1.54, 1.807) is 23.1 Å². The third kappa shape index (κ3) is 3.95. The molecule has 3 rings (SSSR count). The number of pyridine rings is 1. The highest BCUT2D eigenvalue weighted by molar-refractivity contribution is 6.08. The number of nitrogens with zero attached hydrogens (tertiary/aromatic N) is 2. The molecule has 2 amide bonds. The number of nitrogens with one attached hydrogen (secondary N) is 1. The monoisotopic (exact) mass is 345 g/mol. The molecule has 0 unspecified atom stereocenters. The van der Waals surface area contributed by atoms with Gasteiger partial charge in [-0.15, -0.1) is 0 Å². The minimum Gasteiger partial charge on any atom is -0.322 e. The first-order chi connectivity index (χ1) is 12.7. The fourth-order valence-corrected chi connectivity index (χ4v) is 2.60. The quantitative estimate of drug-likeness (QED) is 0.760. The normalized spacial score (nSPS) is 10.2. The van der Waals surface area contributed by atoms with Gasteiger partial charge in [-0.25, -0.2) is 0 Å². The van der Waals surface area contributed by atoms with Crippen molar-refractivity contribution < 1.29 is 9.59 Å². The number of anilines is 2. The first-order valence-electron chi connectivity index (χ1n) is 8.38. The summed E-state index contributed by atoms with van der Waals surface area (Å²) in [5.74, 6) is -0.525. The molecule has 1 heterocycles. The third-order valence-electron chi connectivity index (χ3n) is 3.90. The number of carbonyl (C=O) groups is 2. The summed E-state index contributed by atoms with van der Waals surface area (Å²) in [6.07, 6.45) is 1.48. The van der Waals surface area contributed by atoms with Crippen LogP contribution in [0.2, 0.25) is 0 Å². The molecule has 0 bridgehead atoms. The summed E-state index contributed by atoms with van der Waals surface area (Å²) < 4.78 is 0. The van der Waals surface area contributed by atoms with Gasteiger partial charge in [0.2, 0.25) is 0 Å². The van der Waals surface area contributed by atoms with E-state index in [9.17, 15) is 9.59 Å². The summed E-state index contributed by atoms with van der Waals surface area (Å²) in [5, 5.41) is 2.81. The Morgan fingerprint density at radius 2 is 1.62 bits per heavy atom. The van der Waals surface area contributed by atoms with Gasteiger partial charge in [-0.2, -0.15) is 0 Å². The average Bonchev–Trinajstić information content (AvgIpc) is 2.70. The van der Waals surface area contributed by atoms with Crippen molar-refractivity contribution >= 4 is 23.2 Å². The van der Waals surface area contributed by atoms with Crippen LogP contribution in [0.1, 0.15) is 27.8 Å². The van der Waals surface area contributed by atoms with Crippen molar-refractivity contribution in [3.05, 3.63) is 90.3 Å². The van der Waals surface area contributed by atoms with Crippen molar-refractivity contribution in [1.29, 1.82) is 0 Å². The molecule has 26 heavy (non-hydrogen) atoms. The Hall–Kier alpha value is -3.47. The van der Waals surface area contributed by atoms with Gasteiger partial charge in [0, 0.05) is 29.7 Å². The summed E-state index contributed by atoms with van der Waals surface area (Å²) in [7, 11) is 0. The Morgan fingerprint density at radius 3 is 2.27 bits per heavy atom. The number of para-hydroxylation sites is 2. The molecule has 0 aliphatic carbocycles. The highest BCUT2D eigenvalue weighted by atomic mass is 16.2. The van der Waals surface area contributed by atoms with E-state index in [0.29, 0.717) is 17.8 Å². The SMILES string of the molecule is CCN(C(=O)c1cc(C(=O)Nc2ccccc2)ccn1)c1ccccc1. The highest BCUT2D eigenvalue weighted by Crippen LogP contribution is 2.17. The molecular weight excluding hydrogens is 326 g/mol. The van der Waals surface area contributed by atoms with Crippen LogP contribution in [0.25, 0.3) is 0 Å². The van der Waals surface area contributed by atoms with E-state index in [2.05, 4.69) is 10.3 Å². The first-order valence-corrected chi connectivity index (χ1v) is 8.38. The van der Waals surface area contributed by atoms with Crippen molar-refractivity contribution in [2.24, 2.45) is 0 Å². The van der Waals surface area contributed by atoms with E-state index in [0.717, 1.165) is 5.69 Å². The minimum atomic E-state index is -0.282. The molecule has 0 saturated carbocycles. The highest BCUT2D eigenvalue weighted by Gasteiger charge is 2.18. The van der Waals surface area contributed by atoms with E-state index in [1.165, 1.54) is 12.3 Å². The second-order valence-electron chi connectivity index (χ2n) is 5.63. The van der Waals surface area contributed by atoms with E-state index < -0.39 is 0 Å². The van der Waals surface area contributed by atoms with E-state index in [4.69, 9.17) is 0 Å². The molecule has 0 fully saturated rings. The topological polar surface area (TPSA) is 62.3 Å². The van der Waals surface area contributed by atoms with Crippen LogP contribution in [0, 0.1) is 0 Å². The largest absolute Gasteiger partial charge is 0.322 e. The van der Waals surface area contributed by atoms with E-state index in [1.807, 2.05) is 55.5 Å². The van der Waals surface area contributed by atoms with Crippen LogP contribution in [0.15, 0.2) is 79.0 Å². The van der Waals surface area contributed by atoms with Gasteiger partial charge in [-0.1, -0.05) is 36.4 Å². The first kappa shape index (κ1) is 17.4. The van der Waals surface area contributed by atoms with Gasteiger partial charge in [-0.05, 0) is 43.3 Å². The van der Waals surface area contributed by atoms with Crippen LogP contribution in [0.5, 0.6) is 0 Å². The standard InChI is InChI=1S/C21H19N3O2/c1-2-24(18-11-7-4-8-12-18)21(26)19-15-16(13-14-22-19)20(25)23-17-9-5-3-6-10-17/h3-15H,2H2,1H3,(H,23,25). The van der Waals surface area contributed by atoms with Crippen molar-refractivity contribution in [1.82, 2.24) is 4.98 Å². The van der Waals surface area contributed by atoms with Crippen molar-refractivity contribution in [2.45, 2.75) is 6.92 Å². The molecule has 1 N–H and O–H groups in total. The van der Waals surface area contributed by atoms with Gasteiger partial charge in [0.25, 0.3) is 11.8 Å². The Kier molecular flexibility index (Phi) is 5.39. The van der Waals surface area contributed by atoms with Gasteiger partial charge in [0.15, 0.2) is 0 Å². The lowest BCUT2D eigenvalue weighted by atomic mass is 10.2. The molecule has 0 radical (unpaired) electrons. The van der Waals surface area contributed by atoms with Crippen LogP contribution in [-0.4, -0.2) is 23.3 Å². The molecule has 5 nitrogen and oxygen atoms in total. The molecule has 5 heteroatoms. The molecule has 0 aliphatic rings. The second kappa shape index (κ2) is 8.07. The fraction of sp³-hybridized carbons (Fsp3) is 0.0952. The van der Waals surface area contributed by atoms with Crippen LogP contribution < -0.4 is 10.2 Å². The Bertz CT molecular complexity index is 895. The van der Waals surface area contributed by atoms with Crippen molar-refractivity contribution in [3.63, 3.8) is 0 Å². The van der Waals surface area contributed by atoms with Gasteiger partial charge in [0.1, 0.15) is 5.69 Å². The smallest absolute Gasteiger partial charge is 0.276 e. The third-order valence-corrected chi connectivity index (χ3v) is 3.90. The van der Waals surface area contributed by atoms with Crippen LogP contribution in [0.3, 0.4) is 0 Å².